The minimum Gasteiger partial charge on any atom is -0.465 e. The van der Waals surface area contributed by atoms with Gasteiger partial charge in [0.25, 0.3) is 5.56 Å². The van der Waals surface area contributed by atoms with Crippen LogP contribution < -0.4 is 5.56 Å². The maximum Gasteiger partial charge on any atom is 0.316 e. The number of imidazole rings is 1. The second-order valence-electron chi connectivity index (χ2n) is 4.73. The topological polar surface area (TPSA) is 89.9 Å². The summed E-state index contributed by atoms with van der Waals surface area (Å²) in [6.45, 7) is 2.05. The Morgan fingerprint density at radius 2 is 2.12 bits per heavy atom. The Bertz CT molecular complexity index is 936. The van der Waals surface area contributed by atoms with Crippen LogP contribution in [0.3, 0.4) is 0 Å². The summed E-state index contributed by atoms with van der Waals surface area (Å²) in [6.07, 6.45) is 1.52. The Morgan fingerprint density at radius 1 is 1.38 bits per heavy atom. The van der Waals surface area contributed by atoms with E-state index in [1.165, 1.54) is 6.33 Å². The quantitative estimate of drug-likeness (QED) is 0.425. The van der Waals surface area contributed by atoms with Crippen molar-refractivity contribution in [2.75, 3.05) is 12.4 Å². The number of aromatic nitrogens is 4. The third-order valence-electron chi connectivity index (χ3n) is 3.13. The molecule has 0 bridgehead atoms. The Hall–Kier alpha value is -2.32. The molecule has 0 saturated carbocycles. The second-order valence-corrected chi connectivity index (χ2v) is 6.13. The third-order valence-corrected chi connectivity index (χ3v) is 4.23. The zero-order valence-corrected chi connectivity index (χ0v) is 14.2. The number of hydrogen-bond donors (Lipinski definition) is 1. The van der Waals surface area contributed by atoms with E-state index in [1.807, 2.05) is 0 Å². The molecule has 9 heteroatoms. The smallest absolute Gasteiger partial charge is 0.316 e. The molecule has 0 radical (unpaired) electrons. The van der Waals surface area contributed by atoms with Gasteiger partial charge in [-0.2, -0.15) is 0 Å². The van der Waals surface area contributed by atoms with Gasteiger partial charge in [-0.05, 0) is 31.2 Å². The average molecular weight is 365 g/mol. The standard InChI is InChI=1S/C15H13ClN4O3S/c1-2-23-11(21)7-24-15-18-13-12(14(22)19-15)20(8-17-13)10-5-3-9(16)4-6-10/h3-6,8H,2,7H2,1H3,(H,18,19,22). The highest BCUT2D eigenvalue weighted by molar-refractivity contribution is 7.99. The van der Waals surface area contributed by atoms with Crippen molar-refractivity contribution in [1.29, 1.82) is 0 Å². The molecule has 1 N–H and O–H groups in total. The van der Waals surface area contributed by atoms with E-state index in [2.05, 4.69) is 15.0 Å². The first-order valence-corrected chi connectivity index (χ1v) is 8.46. The lowest BCUT2D eigenvalue weighted by molar-refractivity contribution is -0.139. The van der Waals surface area contributed by atoms with Crippen molar-refractivity contribution in [2.45, 2.75) is 12.1 Å². The first kappa shape index (κ1) is 16.5. The summed E-state index contributed by atoms with van der Waals surface area (Å²) in [7, 11) is 0. The van der Waals surface area contributed by atoms with Crippen LogP contribution >= 0.6 is 23.4 Å². The van der Waals surface area contributed by atoms with Gasteiger partial charge in [-0.1, -0.05) is 23.4 Å². The van der Waals surface area contributed by atoms with Gasteiger partial charge in [-0.25, -0.2) is 9.97 Å². The number of fused-ring (bicyclic) bond motifs is 1. The van der Waals surface area contributed by atoms with Crippen LogP contribution in [0.25, 0.3) is 16.9 Å². The van der Waals surface area contributed by atoms with E-state index in [-0.39, 0.29) is 17.3 Å². The molecule has 1 aromatic carbocycles. The first-order valence-electron chi connectivity index (χ1n) is 7.10. The van der Waals surface area contributed by atoms with Crippen molar-refractivity contribution in [3.05, 3.63) is 46.0 Å². The van der Waals surface area contributed by atoms with E-state index in [0.717, 1.165) is 17.4 Å². The van der Waals surface area contributed by atoms with Crippen LogP contribution in [0.1, 0.15) is 6.92 Å². The minimum atomic E-state index is -0.364. The summed E-state index contributed by atoms with van der Waals surface area (Å²) < 4.78 is 6.48. The molecule has 0 amide bonds. The molecular formula is C15H13ClN4O3S. The normalized spacial score (nSPS) is 10.9. The highest BCUT2D eigenvalue weighted by atomic mass is 35.5. The van der Waals surface area contributed by atoms with Gasteiger partial charge in [-0.3, -0.25) is 19.1 Å². The molecule has 7 nitrogen and oxygen atoms in total. The van der Waals surface area contributed by atoms with Crippen molar-refractivity contribution < 1.29 is 9.53 Å². The lowest BCUT2D eigenvalue weighted by Crippen LogP contribution is -2.13. The van der Waals surface area contributed by atoms with Gasteiger partial charge in [0.2, 0.25) is 0 Å². The molecular weight excluding hydrogens is 352 g/mol. The number of hydrogen-bond acceptors (Lipinski definition) is 6. The van der Waals surface area contributed by atoms with Crippen molar-refractivity contribution in [2.24, 2.45) is 0 Å². The zero-order chi connectivity index (χ0) is 17.1. The predicted molar refractivity (Wildman–Crippen MR) is 91.9 cm³/mol. The van der Waals surface area contributed by atoms with E-state index in [4.69, 9.17) is 16.3 Å². The molecule has 0 spiro atoms. The van der Waals surface area contributed by atoms with E-state index < -0.39 is 0 Å². The number of aromatic amines is 1. The van der Waals surface area contributed by atoms with Crippen LogP contribution in [0.15, 0.2) is 40.5 Å². The number of esters is 1. The monoisotopic (exact) mass is 364 g/mol. The third kappa shape index (κ3) is 3.44. The number of nitrogens with zero attached hydrogens (tertiary/aromatic N) is 3. The largest absolute Gasteiger partial charge is 0.465 e. The molecule has 2 heterocycles. The molecule has 3 rings (SSSR count). The fourth-order valence-electron chi connectivity index (χ4n) is 2.11. The Morgan fingerprint density at radius 3 is 2.83 bits per heavy atom. The van der Waals surface area contributed by atoms with Crippen LogP contribution in [0.4, 0.5) is 0 Å². The van der Waals surface area contributed by atoms with Gasteiger partial charge in [0, 0.05) is 10.7 Å². The lowest BCUT2D eigenvalue weighted by Gasteiger charge is -2.04. The van der Waals surface area contributed by atoms with Gasteiger partial charge in [0.05, 0.1) is 12.4 Å². The van der Waals surface area contributed by atoms with Crippen LogP contribution in [0.5, 0.6) is 0 Å². The second kappa shape index (κ2) is 7.06. The maximum atomic E-state index is 12.4. The highest BCUT2D eigenvalue weighted by Gasteiger charge is 2.13. The molecule has 0 saturated heterocycles. The fourth-order valence-corrected chi connectivity index (χ4v) is 2.89. The molecule has 0 atom stereocenters. The SMILES string of the molecule is CCOC(=O)CSc1nc2ncn(-c3ccc(Cl)cc3)c2c(=O)[nH]1. The fraction of sp³-hybridized carbons (Fsp3) is 0.200. The summed E-state index contributed by atoms with van der Waals surface area (Å²) in [6, 6.07) is 7.03. The summed E-state index contributed by atoms with van der Waals surface area (Å²) in [5.41, 5.74) is 1.05. The number of ether oxygens (including phenoxy) is 1. The minimum absolute atomic E-state index is 0.0696. The number of carbonyl (C=O) groups is 1. The number of nitrogens with one attached hydrogen (secondary N) is 1. The van der Waals surface area contributed by atoms with Crippen molar-refractivity contribution in [3.63, 3.8) is 0 Å². The number of halogens is 1. The van der Waals surface area contributed by atoms with Crippen molar-refractivity contribution >= 4 is 40.5 Å². The number of carbonyl (C=O) groups excluding carboxylic acids is 1. The van der Waals surface area contributed by atoms with Gasteiger partial charge >= 0.3 is 5.97 Å². The van der Waals surface area contributed by atoms with E-state index in [1.54, 1.807) is 35.8 Å². The number of thioether (sulfide) groups is 1. The summed E-state index contributed by atoms with van der Waals surface area (Å²) in [4.78, 5) is 34.9. The van der Waals surface area contributed by atoms with E-state index in [0.29, 0.717) is 27.9 Å². The molecule has 0 aliphatic heterocycles. The Labute approximate surface area is 146 Å². The highest BCUT2D eigenvalue weighted by Crippen LogP contribution is 2.18. The van der Waals surface area contributed by atoms with E-state index in [9.17, 15) is 9.59 Å². The zero-order valence-electron chi connectivity index (χ0n) is 12.7. The number of rotatable bonds is 5. The predicted octanol–water partition coefficient (Wildman–Crippen LogP) is 2.42. The van der Waals surface area contributed by atoms with Crippen LogP contribution in [-0.4, -0.2) is 37.8 Å². The average Bonchev–Trinajstić information content (AvgIpc) is 2.98. The molecule has 124 valence electrons. The molecule has 3 aromatic rings. The molecule has 2 aromatic heterocycles. The van der Waals surface area contributed by atoms with Crippen molar-refractivity contribution in [3.8, 4) is 5.69 Å². The lowest BCUT2D eigenvalue weighted by atomic mass is 10.3. The van der Waals surface area contributed by atoms with Gasteiger partial charge < -0.3 is 4.74 Å². The maximum absolute atomic E-state index is 12.4. The number of benzene rings is 1. The molecule has 0 aliphatic rings. The Balaban J connectivity index is 1.92. The molecule has 0 aliphatic carbocycles. The van der Waals surface area contributed by atoms with Gasteiger partial charge in [0.15, 0.2) is 16.3 Å². The molecule has 24 heavy (non-hydrogen) atoms. The summed E-state index contributed by atoms with van der Waals surface area (Å²) in [5.74, 6) is -0.294. The van der Waals surface area contributed by atoms with Crippen molar-refractivity contribution in [1.82, 2.24) is 19.5 Å². The van der Waals surface area contributed by atoms with E-state index >= 15 is 0 Å². The Kier molecular flexibility index (Phi) is 4.86. The van der Waals surface area contributed by atoms with Gasteiger partial charge in [-0.15, -0.1) is 0 Å². The first-order chi connectivity index (χ1) is 11.6. The summed E-state index contributed by atoms with van der Waals surface area (Å²) >= 11 is 6.98. The van der Waals surface area contributed by atoms with Gasteiger partial charge in [0.1, 0.15) is 6.33 Å². The summed E-state index contributed by atoms with van der Waals surface area (Å²) in [5, 5.41) is 0.926. The van der Waals surface area contributed by atoms with Crippen LogP contribution in [-0.2, 0) is 9.53 Å². The van der Waals surface area contributed by atoms with Crippen LogP contribution in [0.2, 0.25) is 5.02 Å². The van der Waals surface area contributed by atoms with Crippen LogP contribution in [0, 0.1) is 0 Å². The number of H-pyrrole nitrogens is 1. The molecule has 0 unspecified atom stereocenters. The molecule has 0 fully saturated rings.